The molecule has 3 rings (SSSR count). The van der Waals surface area contributed by atoms with Gasteiger partial charge in [0.05, 0.1) is 6.20 Å². The van der Waals surface area contributed by atoms with Gasteiger partial charge in [0, 0.05) is 24.1 Å². The third-order valence-electron chi connectivity index (χ3n) is 6.31. The number of hydrogen-bond donors (Lipinski definition) is 0. The van der Waals surface area contributed by atoms with Gasteiger partial charge in [0.25, 0.3) is 0 Å². The average molecular weight is 395 g/mol. The summed E-state index contributed by atoms with van der Waals surface area (Å²) in [6.07, 6.45) is 4.60. The van der Waals surface area contributed by atoms with Crippen molar-refractivity contribution in [2.75, 3.05) is 13.1 Å². The molecule has 28 heavy (non-hydrogen) atoms. The highest BCUT2D eigenvalue weighted by Crippen LogP contribution is 2.56. The van der Waals surface area contributed by atoms with Crippen molar-refractivity contribution in [3.63, 3.8) is 0 Å². The Morgan fingerprint density at radius 1 is 1.18 bits per heavy atom. The number of ether oxygens (including phenoxy) is 1. The number of fused-ring (bicyclic) bond motifs is 2. The standard InChI is InChI=1S/C19H30N2O3.2C2H6/c1-17(2,3)23-16(22)21-9-7-14-11-13-12-20-24-15(13)18(4,5)19(14,6)8-10-21;2*1-2/h12,14H,7-11H2,1-6H3;2*1-2H3. The van der Waals surface area contributed by atoms with E-state index in [-0.39, 0.29) is 16.9 Å². The van der Waals surface area contributed by atoms with Gasteiger partial charge in [0.2, 0.25) is 0 Å². The number of nitrogens with zero attached hydrogens (tertiary/aromatic N) is 2. The van der Waals surface area contributed by atoms with Crippen LogP contribution in [0.4, 0.5) is 4.79 Å². The molecule has 1 aliphatic heterocycles. The highest BCUT2D eigenvalue weighted by molar-refractivity contribution is 5.68. The fraction of sp³-hybridized carbons (Fsp3) is 0.826. The first kappa shape index (κ1) is 24.5. The van der Waals surface area contributed by atoms with Gasteiger partial charge in [-0.25, -0.2) is 4.79 Å². The summed E-state index contributed by atoms with van der Waals surface area (Å²) < 4.78 is 11.2. The summed E-state index contributed by atoms with van der Waals surface area (Å²) in [6.45, 7) is 22.1. The Morgan fingerprint density at radius 2 is 1.79 bits per heavy atom. The van der Waals surface area contributed by atoms with Crippen LogP contribution in [0, 0.1) is 11.3 Å². The zero-order chi connectivity index (χ0) is 21.8. The SMILES string of the molecule is CC.CC.CC(C)(C)OC(=O)N1CCC2Cc3cnoc3C(C)(C)C2(C)CC1. The number of rotatable bonds is 0. The van der Waals surface area contributed by atoms with E-state index in [9.17, 15) is 4.79 Å². The lowest BCUT2D eigenvalue weighted by atomic mass is 9.52. The third-order valence-corrected chi connectivity index (χ3v) is 6.31. The zero-order valence-electron chi connectivity index (χ0n) is 19.8. The minimum Gasteiger partial charge on any atom is -0.444 e. The molecule has 2 aliphatic rings. The molecule has 0 N–H and O–H groups in total. The summed E-state index contributed by atoms with van der Waals surface area (Å²) >= 11 is 0. The lowest BCUT2D eigenvalue weighted by molar-refractivity contribution is 0.0225. The van der Waals surface area contributed by atoms with E-state index in [0.717, 1.165) is 38.1 Å². The minimum atomic E-state index is -0.452. The molecule has 0 radical (unpaired) electrons. The second kappa shape index (κ2) is 9.32. The van der Waals surface area contributed by atoms with Crippen LogP contribution in [0.2, 0.25) is 0 Å². The number of carbonyl (C=O) groups is 1. The number of hydrogen-bond acceptors (Lipinski definition) is 4. The van der Waals surface area contributed by atoms with Crippen molar-refractivity contribution < 1.29 is 14.1 Å². The number of amides is 1. The molecule has 162 valence electrons. The van der Waals surface area contributed by atoms with Crippen molar-refractivity contribution in [1.29, 1.82) is 0 Å². The van der Waals surface area contributed by atoms with Crippen molar-refractivity contribution in [3.05, 3.63) is 17.5 Å². The normalized spacial score (nSPS) is 25.6. The van der Waals surface area contributed by atoms with Crippen LogP contribution in [0.15, 0.2) is 10.7 Å². The Kier molecular flexibility index (Phi) is 8.16. The monoisotopic (exact) mass is 394 g/mol. The molecule has 1 amide bonds. The predicted octanol–water partition coefficient (Wildman–Crippen LogP) is 6.21. The van der Waals surface area contributed by atoms with Crippen molar-refractivity contribution in [1.82, 2.24) is 10.1 Å². The molecule has 0 saturated carbocycles. The number of carbonyl (C=O) groups excluding carboxylic acids is 1. The fourth-order valence-corrected chi connectivity index (χ4v) is 4.42. The first-order chi connectivity index (χ1) is 13.0. The molecule has 5 nitrogen and oxygen atoms in total. The molecule has 0 aromatic carbocycles. The van der Waals surface area contributed by atoms with Gasteiger partial charge in [-0.1, -0.05) is 53.6 Å². The fourth-order valence-electron chi connectivity index (χ4n) is 4.42. The second-order valence-electron chi connectivity index (χ2n) is 9.13. The Labute approximate surface area is 172 Å². The molecule has 1 aromatic rings. The van der Waals surface area contributed by atoms with E-state index in [1.165, 1.54) is 5.56 Å². The van der Waals surface area contributed by atoms with Crippen LogP contribution in [-0.4, -0.2) is 34.8 Å². The predicted molar refractivity (Wildman–Crippen MR) is 115 cm³/mol. The maximum Gasteiger partial charge on any atom is 0.410 e. The van der Waals surface area contributed by atoms with Crippen LogP contribution in [0.1, 0.15) is 93.4 Å². The molecule has 5 heteroatoms. The Morgan fingerprint density at radius 3 is 2.36 bits per heavy atom. The van der Waals surface area contributed by atoms with E-state index in [4.69, 9.17) is 9.26 Å². The molecular formula is C23H42N2O3. The molecule has 1 fully saturated rings. The minimum absolute atomic E-state index is 0.0797. The summed E-state index contributed by atoms with van der Waals surface area (Å²) in [5.74, 6) is 1.54. The van der Waals surface area contributed by atoms with Gasteiger partial charge in [-0.05, 0) is 51.4 Å². The summed E-state index contributed by atoms with van der Waals surface area (Å²) in [7, 11) is 0. The van der Waals surface area contributed by atoms with E-state index >= 15 is 0 Å². The highest BCUT2D eigenvalue weighted by atomic mass is 16.6. The van der Waals surface area contributed by atoms with E-state index in [1.54, 1.807) is 0 Å². The van der Waals surface area contributed by atoms with E-state index in [1.807, 2.05) is 59.6 Å². The van der Waals surface area contributed by atoms with Crippen molar-refractivity contribution in [2.45, 2.75) is 99.5 Å². The van der Waals surface area contributed by atoms with Crippen LogP contribution in [0.3, 0.4) is 0 Å². The first-order valence-electron chi connectivity index (χ1n) is 11.0. The van der Waals surface area contributed by atoms with Crippen molar-refractivity contribution >= 4 is 6.09 Å². The largest absolute Gasteiger partial charge is 0.444 e. The summed E-state index contributed by atoms with van der Waals surface area (Å²) in [5, 5.41) is 4.04. The topological polar surface area (TPSA) is 55.6 Å². The zero-order valence-corrected chi connectivity index (χ0v) is 19.8. The van der Waals surface area contributed by atoms with Gasteiger partial charge < -0.3 is 14.2 Å². The summed E-state index contributed by atoms with van der Waals surface area (Å²) in [5.41, 5.74) is 0.766. The maximum absolute atomic E-state index is 12.5. The molecule has 1 saturated heterocycles. The maximum atomic E-state index is 12.5. The van der Waals surface area contributed by atoms with Gasteiger partial charge >= 0.3 is 6.09 Å². The molecule has 0 spiro atoms. The first-order valence-corrected chi connectivity index (χ1v) is 11.0. The van der Waals surface area contributed by atoms with Gasteiger partial charge in [-0.2, -0.15) is 0 Å². The van der Waals surface area contributed by atoms with Crippen LogP contribution in [-0.2, 0) is 16.6 Å². The molecule has 1 aliphatic carbocycles. The van der Waals surface area contributed by atoms with Crippen LogP contribution in [0.25, 0.3) is 0 Å². The van der Waals surface area contributed by atoms with Gasteiger partial charge in [0.1, 0.15) is 11.4 Å². The van der Waals surface area contributed by atoms with Gasteiger partial charge in [-0.15, -0.1) is 0 Å². The quantitative estimate of drug-likeness (QED) is 0.524. The molecule has 2 unspecified atom stereocenters. The van der Waals surface area contributed by atoms with Crippen molar-refractivity contribution in [3.8, 4) is 0 Å². The van der Waals surface area contributed by atoms with Crippen molar-refractivity contribution in [2.24, 2.45) is 11.3 Å². The van der Waals surface area contributed by atoms with Gasteiger partial charge in [-0.3, -0.25) is 0 Å². The number of aromatic nitrogens is 1. The molecule has 2 atom stereocenters. The molecule has 1 aromatic heterocycles. The van der Waals surface area contributed by atoms with Gasteiger partial charge in [0.15, 0.2) is 0 Å². The van der Waals surface area contributed by atoms with E-state index < -0.39 is 5.60 Å². The van der Waals surface area contributed by atoms with Crippen LogP contribution < -0.4 is 0 Å². The molecule has 0 bridgehead atoms. The summed E-state index contributed by atoms with van der Waals surface area (Å²) in [6, 6.07) is 0. The average Bonchev–Trinajstić information content (AvgIpc) is 3.03. The second-order valence-corrected chi connectivity index (χ2v) is 9.13. The number of likely N-dealkylation sites (tertiary alicyclic amines) is 1. The molecule has 2 heterocycles. The van der Waals surface area contributed by atoms with Crippen LogP contribution >= 0.6 is 0 Å². The Balaban J connectivity index is 0.000000921. The third kappa shape index (κ3) is 4.72. The lowest BCUT2D eigenvalue weighted by Gasteiger charge is -2.50. The Bertz CT molecular complexity index is 630. The highest BCUT2D eigenvalue weighted by Gasteiger charge is 2.54. The van der Waals surface area contributed by atoms with E-state index in [2.05, 4.69) is 25.9 Å². The van der Waals surface area contributed by atoms with Crippen LogP contribution in [0.5, 0.6) is 0 Å². The summed E-state index contributed by atoms with van der Waals surface area (Å²) in [4.78, 5) is 14.4. The molecular weight excluding hydrogens is 352 g/mol. The lowest BCUT2D eigenvalue weighted by Crippen LogP contribution is -2.49. The van der Waals surface area contributed by atoms with E-state index in [0.29, 0.717) is 5.92 Å². The smallest absolute Gasteiger partial charge is 0.410 e. The Hall–Kier alpha value is -1.52.